The van der Waals surface area contributed by atoms with Crippen LogP contribution in [0.2, 0.25) is 0 Å². The minimum absolute atomic E-state index is 0.148. The van der Waals surface area contributed by atoms with Crippen LogP contribution in [-0.4, -0.2) is 34.5 Å². The first-order chi connectivity index (χ1) is 7.86. The van der Waals surface area contributed by atoms with Crippen LogP contribution in [-0.2, 0) is 6.18 Å². The molecule has 0 aliphatic carbocycles. The summed E-state index contributed by atoms with van der Waals surface area (Å²) in [5.41, 5.74) is 4.30. The standard InChI is InChI=1S/C9H12F3N3O2/c10-9(11,12)5-1-7(13)15-8(2-5)14-6(3-16)4-17/h1-2,6,16-17H,3-4H2,(H3,13,14,15). The lowest BCUT2D eigenvalue weighted by atomic mass is 10.2. The molecule has 1 heterocycles. The molecule has 0 aromatic carbocycles. The summed E-state index contributed by atoms with van der Waals surface area (Å²) in [6, 6.07) is 0.678. The first-order valence-corrected chi connectivity index (χ1v) is 4.70. The predicted octanol–water partition coefficient (Wildman–Crippen LogP) is 0.448. The highest BCUT2D eigenvalue weighted by Crippen LogP contribution is 2.31. The number of hydrogen-bond acceptors (Lipinski definition) is 5. The molecule has 0 amide bonds. The SMILES string of the molecule is Nc1cc(C(F)(F)F)cc(NC(CO)CO)n1. The van der Waals surface area contributed by atoms with Crippen molar-refractivity contribution in [2.75, 3.05) is 24.3 Å². The van der Waals surface area contributed by atoms with E-state index in [2.05, 4.69) is 10.3 Å². The van der Waals surface area contributed by atoms with Gasteiger partial charge in [0.2, 0.25) is 0 Å². The number of alkyl halides is 3. The van der Waals surface area contributed by atoms with Gasteiger partial charge in [0.1, 0.15) is 11.6 Å². The van der Waals surface area contributed by atoms with Crippen LogP contribution in [0.3, 0.4) is 0 Å². The summed E-state index contributed by atoms with van der Waals surface area (Å²) >= 11 is 0. The molecule has 0 atom stereocenters. The number of nitrogens with zero attached hydrogens (tertiary/aromatic N) is 1. The number of halogens is 3. The molecule has 0 bridgehead atoms. The Morgan fingerprint density at radius 3 is 2.35 bits per heavy atom. The van der Waals surface area contributed by atoms with Crippen LogP contribution < -0.4 is 11.1 Å². The summed E-state index contributed by atoms with van der Waals surface area (Å²) in [5, 5.41) is 20.0. The van der Waals surface area contributed by atoms with Crippen LogP contribution in [0.5, 0.6) is 0 Å². The first kappa shape index (κ1) is 13.5. The molecule has 0 saturated heterocycles. The topological polar surface area (TPSA) is 91.4 Å². The number of aliphatic hydroxyl groups excluding tert-OH is 2. The third-order valence-electron chi connectivity index (χ3n) is 1.97. The normalized spacial score (nSPS) is 11.9. The van der Waals surface area contributed by atoms with Crippen LogP contribution >= 0.6 is 0 Å². The Morgan fingerprint density at radius 2 is 1.88 bits per heavy atom. The molecular weight excluding hydrogens is 239 g/mol. The molecule has 0 radical (unpaired) electrons. The van der Waals surface area contributed by atoms with Crippen molar-refractivity contribution in [2.24, 2.45) is 0 Å². The molecule has 0 aliphatic rings. The number of aromatic nitrogens is 1. The summed E-state index contributed by atoms with van der Waals surface area (Å²) in [4.78, 5) is 3.63. The highest BCUT2D eigenvalue weighted by atomic mass is 19.4. The maximum Gasteiger partial charge on any atom is 0.416 e. The van der Waals surface area contributed by atoms with Gasteiger partial charge in [0.15, 0.2) is 0 Å². The molecule has 96 valence electrons. The molecular formula is C9H12F3N3O2. The lowest BCUT2D eigenvalue weighted by Crippen LogP contribution is -2.28. The summed E-state index contributed by atoms with van der Waals surface area (Å²) < 4.78 is 37.3. The minimum Gasteiger partial charge on any atom is -0.394 e. The maximum atomic E-state index is 12.4. The predicted molar refractivity (Wildman–Crippen MR) is 55.2 cm³/mol. The number of nitrogen functional groups attached to an aromatic ring is 1. The number of aliphatic hydroxyl groups is 2. The molecule has 1 rings (SSSR count). The van der Waals surface area contributed by atoms with E-state index in [0.717, 1.165) is 6.07 Å². The highest BCUT2D eigenvalue weighted by Gasteiger charge is 2.31. The van der Waals surface area contributed by atoms with Crippen molar-refractivity contribution in [1.29, 1.82) is 0 Å². The number of rotatable bonds is 4. The zero-order valence-corrected chi connectivity index (χ0v) is 8.70. The number of pyridine rings is 1. The van der Waals surface area contributed by atoms with E-state index in [9.17, 15) is 13.2 Å². The lowest BCUT2D eigenvalue weighted by Gasteiger charge is -2.16. The molecule has 5 nitrogen and oxygen atoms in total. The molecule has 5 N–H and O–H groups in total. The van der Waals surface area contributed by atoms with Crippen LogP contribution in [0.15, 0.2) is 12.1 Å². The molecule has 1 aromatic rings. The second-order valence-corrected chi connectivity index (χ2v) is 3.37. The smallest absolute Gasteiger partial charge is 0.394 e. The van der Waals surface area contributed by atoms with Crippen molar-refractivity contribution < 1.29 is 23.4 Å². The van der Waals surface area contributed by atoms with Gasteiger partial charge in [-0.1, -0.05) is 0 Å². The number of hydrogen-bond donors (Lipinski definition) is 4. The Labute approximate surface area is 95.1 Å². The van der Waals surface area contributed by atoms with E-state index >= 15 is 0 Å². The number of anilines is 2. The fraction of sp³-hybridized carbons (Fsp3) is 0.444. The van der Waals surface area contributed by atoms with Gasteiger partial charge in [-0.2, -0.15) is 13.2 Å². The van der Waals surface area contributed by atoms with Gasteiger partial charge in [0.25, 0.3) is 0 Å². The van der Waals surface area contributed by atoms with Crippen LogP contribution in [0.4, 0.5) is 24.8 Å². The Hall–Kier alpha value is -1.54. The Bertz CT molecular complexity index is 380. The summed E-state index contributed by atoms with van der Waals surface area (Å²) in [6.45, 7) is -0.872. The Kier molecular flexibility index (Phi) is 4.13. The van der Waals surface area contributed by atoms with Crippen LogP contribution in [0.25, 0.3) is 0 Å². The molecule has 0 saturated carbocycles. The van der Waals surface area contributed by atoms with Gasteiger partial charge >= 0.3 is 6.18 Å². The van der Waals surface area contributed by atoms with Gasteiger partial charge < -0.3 is 21.3 Å². The zero-order valence-electron chi connectivity index (χ0n) is 8.70. The average Bonchev–Trinajstić information content (AvgIpc) is 2.24. The third-order valence-corrected chi connectivity index (χ3v) is 1.97. The molecule has 8 heteroatoms. The molecule has 1 aromatic heterocycles. The van der Waals surface area contributed by atoms with Gasteiger partial charge in [-0.25, -0.2) is 4.98 Å². The number of nitrogens with one attached hydrogen (secondary N) is 1. The quantitative estimate of drug-likeness (QED) is 0.623. The van der Waals surface area contributed by atoms with E-state index < -0.39 is 31.0 Å². The van der Waals surface area contributed by atoms with Crippen molar-refractivity contribution >= 4 is 11.6 Å². The maximum absolute atomic E-state index is 12.4. The summed E-state index contributed by atoms with van der Waals surface area (Å²) in [5.74, 6) is -0.442. The fourth-order valence-electron chi connectivity index (χ4n) is 1.15. The van der Waals surface area contributed by atoms with Crippen molar-refractivity contribution in [3.05, 3.63) is 17.7 Å². The van der Waals surface area contributed by atoms with Gasteiger partial charge in [0.05, 0.1) is 24.8 Å². The average molecular weight is 251 g/mol. The first-order valence-electron chi connectivity index (χ1n) is 4.70. The minimum atomic E-state index is -4.53. The van der Waals surface area contributed by atoms with Gasteiger partial charge in [-0.3, -0.25) is 0 Å². The van der Waals surface area contributed by atoms with E-state index in [1.165, 1.54) is 0 Å². The van der Waals surface area contributed by atoms with Crippen LogP contribution in [0.1, 0.15) is 5.56 Å². The van der Waals surface area contributed by atoms with E-state index in [1.807, 2.05) is 0 Å². The van der Waals surface area contributed by atoms with Gasteiger partial charge in [0, 0.05) is 0 Å². The molecule has 0 fully saturated rings. The fourth-order valence-corrected chi connectivity index (χ4v) is 1.15. The molecule has 17 heavy (non-hydrogen) atoms. The van der Waals surface area contributed by atoms with Crippen LogP contribution in [0, 0.1) is 0 Å². The van der Waals surface area contributed by atoms with Crippen molar-refractivity contribution in [2.45, 2.75) is 12.2 Å². The van der Waals surface area contributed by atoms with E-state index in [-0.39, 0.29) is 11.6 Å². The zero-order chi connectivity index (χ0) is 13.1. The molecule has 0 unspecified atom stereocenters. The van der Waals surface area contributed by atoms with E-state index in [1.54, 1.807) is 0 Å². The Morgan fingerprint density at radius 1 is 1.29 bits per heavy atom. The van der Waals surface area contributed by atoms with E-state index in [0.29, 0.717) is 6.07 Å². The van der Waals surface area contributed by atoms with Gasteiger partial charge in [-0.05, 0) is 12.1 Å². The monoisotopic (exact) mass is 251 g/mol. The van der Waals surface area contributed by atoms with Crippen molar-refractivity contribution in [3.8, 4) is 0 Å². The number of nitrogens with two attached hydrogens (primary N) is 1. The van der Waals surface area contributed by atoms with Crippen molar-refractivity contribution in [1.82, 2.24) is 4.98 Å². The molecule has 0 aliphatic heterocycles. The van der Waals surface area contributed by atoms with Gasteiger partial charge in [-0.15, -0.1) is 0 Å². The second kappa shape index (κ2) is 5.19. The second-order valence-electron chi connectivity index (χ2n) is 3.37. The molecule has 0 spiro atoms. The summed E-state index contributed by atoms with van der Waals surface area (Å²) in [7, 11) is 0. The van der Waals surface area contributed by atoms with E-state index in [4.69, 9.17) is 15.9 Å². The Balaban J connectivity index is 2.97. The lowest BCUT2D eigenvalue weighted by molar-refractivity contribution is -0.137. The third kappa shape index (κ3) is 3.75. The largest absolute Gasteiger partial charge is 0.416 e. The highest BCUT2D eigenvalue weighted by molar-refractivity contribution is 5.48. The summed E-state index contributed by atoms with van der Waals surface area (Å²) in [6.07, 6.45) is -4.53. The van der Waals surface area contributed by atoms with Crippen molar-refractivity contribution in [3.63, 3.8) is 0 Å².